The van der Waals surface area contributed by atoms with Crippen LogP contribution in [0.5, 0.6) is 0 Å². The van der Waals surface area contributed by atoms with E-state index in [9.17, 15) is 53.3 Å². The predicted molar refractivity (Wildman–Crippen MR) is 84.3 cm³/mol. The van der Waals surface area contributed by atoms with Gasteiger partial charge in [-0.1, -0.05) is 12.7 Å². The molecule has 0 atom stereocenters. The number of carbonyl (C=O) groups is 1. The highest BCUT2D eigenvalue weighted by Crippen LogP contribution is 2.57. The monoisotopic (exact) mass is 499 g/mol. The van der Waals surface area contributed by atoms with Gasteiger partial charge < -0.3 is 14.7 Å². The Balaban J connectivity index is 6.16. The van der Waals surface area contributed by atoms with Crippen molar-refractivity contribution in [2.45, 2.75) is 36.5 Å². The molecule has 0 aromatic carbocycles. The van der Waals surface area contributed by atoms with Crippen molar-refractivity contribution in [1.82, 2.24) is 4.90 Å². The lowest BCUT2D eigenvalue weighted by Crippen LogP contribution is -2.69. The average molecular weight is 499 g/mol. The minimum Gasteiger partial charge on any atom is -0.329 e. The molecule has 0 aliphatic carbocycles. The lowest BCUT2D eigenvalue weighted by molar-refractivity contribution is -0.403. The first-order chi connectivity index (χ1) is 13.5. The Morgan fingerprint density at radius 1 is 0.968 bits per heavy atom. The van der Waals surface area contributed by atoms with Crippen molar-refractivity contribution in [2.24, 2.45) is 0 Å². The second-order valence-electron chi connectivity index (χ2n) is 6.15. The maximum Gasteiger partial charge on any atom is 0.469 e. The average Bonchev–Trinajstić information content (AvgIpc) is 2.57. The van der Waals surface area contributed by atoms with Crippen LogP contribution in [0.25, 0.3) is 0 Å². The lowest BCUT2D eigenvalue weighted by Gasteiger charge is -2.40. The fourth-order valence-corrected chi connectivity index (χ4v) is 2.23. The molecule has 182 valence electrons. The zero-order chi connectivity index (χ0) is 25.3. The molecule has 0 saturated carbocycles. The summed E-state index contributed by atoms with van der Waals surface area (Å²) in [5.74, 6) is -36.1. The molecule has 0 radical (unpaired) electrons. The van der Waals surface area contributed by atoms with Crippen LogP contribution >= 0.6 is 7.82 Å². The molecule has 0 aliphatic heterocycles. The summed E-state index contributed by atoms with van der Waals surface area (Å²) in [5, 5.41) is 0. The number of hydrogen-bond acceptors (Lipinski definition) is 3. The summed E-state index contributed by atoms with van der Waals surface area (Å²) in [5.41, 5.74) is -0.542. The molecule has 0 fully saturated rings. The predicted octanol–water partition coefficient (Wildman–Crippen LogP) is 3.86. The summed E-state index contributed by atoms with van der Waals surface area (Å²) in [7, 11) is -5.96. The molecule has 0 aliphatic rings. The Kier molecular flexibility index (Phi) is 8.60. The summed E-state index contributed by atoms with van der Waals surface area (Å²) < 4.78 is 150. The Morgan fingerprint density at radius 2 is 1.39 bits per heavy atom. The fraction of sp³-hybridized carbons (Fsp3) is 0.643. The van der Waals surface area contributed by atoms with Gasteiger partial charge in [0.15, 0.2) is 0 Å². The van der Waals surface area contributed by atoms with E-state index in [0.717, 1.165) is 6.92 Å². The topological polar surface area (TPSA) is 87.1 Å². The van der Waals surface area contributed by atoms with E-state index in [-0.39, 0.29) is 4.90 Å². The van der Waals surface area contributed by atoms with Crippen LogP contribution in [0, 0.1) is 0 Å². The van der Waals surface area contributed by atoms with E-state index in [1.165, 1.54) is 0 Å². The van der Waals surface area contributed by atoms with E-state index >= 15 is 0 Å². The van der Waals surface area contributed by atoms with E-state index in [4.69, 9.17) is 9.79 Å². The molecule has 2 N–H and O–H groups in total. The summed E-state index contributed by atoms with van der Waals surface area (Å²) in [6, 6.07) is 0. The van der Waals surface area contributed by atoms with Gasteiger partial charge in [0.1, 0.15) is 6.61 Å². The number of hydrogen-bond donors (Lipinski definition) is 2. The lowest BCUT2D eigenvalue weighted by atomic mass is 9.94. The maximum absolute atomic E-state index is 14.0. The number of phosphoric acid groups is 1. The number of nitrogens with zero attached hydrogens (tertiary/aromatic N) is 1. The summed E-state index contributed by atoms with van der Waals surface area (Å²) in [4.78, 5) is 27.8. The minimum absolute atomic E-state index is 0.216. The molecule has 31 heavy (non-hydrogen) atoms. The molecule has 0 rings (SSSR count). The van der Waals surface area contributed by atoms with Crippen LogP contribution in [-0.2, 0) is 13.9 Å². The number of carbonyl (C=O) groups excluding carboxylic acids is 1. The Hall–Kier alpha value is -1.64. The van der Waals surface area contributed by atoms with Gasteiger partial charge in [-0.25, -0.2) is 4.57 Å². The van der Waals surface area contributed by atoms with Crippen molar-refractivity contribution >= 4 is 13.7 Å². The van der Waals surface area contributed by atoms with Crippen LogP contribution in [0.15, 0.2) is 24.8 Å². The fourth-order valence-electron chi connectivity index (χ4n) is 1.90. The SMILES string of the molecule is C=CCN(CC(F)(F)C(F)(F)C(F)(F)C(F)(F)C(F)(F)COP(=O)(O)O)C(=O)C(=C)C. The second kappa shape index (κ2) is 9.08. The molecule has 0 spiro atoms. The molecule has 0 aromatic heterocycles. The second-order valence-corrected chi connectivity index (χ2v) is 7.39. The highest BCUT2D eigenvalue weighted by molar-refractivity contribution is 7.46. The van der Waals surface area contributed by atoms with Crippen LogP contribution in [-0.4, -0.2) is 69.9 Å². The van der Waals surface area contributed by atoms with E-state index in [1.807, 2.05) is 0 Å². The molecule has 0 bridgehead atoms. The third-order valence-corrected chi connectivity index (χ3v) is 3.98. The summed E-state index contributed by atoms with van der Waals surface area (Å²) >= 11 is 0. The number of halogens is 10. The summed E-state index contributed by atoms with van der Waals surface area (Å²) in [6.07, 6.45) is 0.690. The first-order valence-corrected chi connectivity index (χ1v) is 9.16. The van der Waals surface area contributed by atoms with Crippen molar-refractivity contribution in [1.29, 1.82) is 0 Å². The van der Waals surface area contributed by atoms with Crippen molar-refractivity contribution in [3.8, 4) is 0 Å². The number of rotatable bonds is 12. The van der Waals surface area contributed by atoms with Crippen LogP contribution in [0.3, 0.4) is 0 Å². The Labute approximate surface area is 168 Å². The smallest absolute Gasteiger partial charge is 0.329 e. The van der Waals surface area contributed by atoms with Gasteiger partial charge >= 0.3 is 37.4 Å². The quantitative estimate of drug-likeness (QED) is 0.184. The molecule has 6 nitrogen and oxygen atoms in total. The third-order valence-electron chi connectivity index (χ3n) is 3.51. The first-order valence-electron chi connectivity index (χ1n) is 7.63. The van der Waals surface area contributed by atoms with E-state index in [1.54, 1.807) is 0 Å². The minimum atomic E-state index is -7.49. The number of phosphoric ester groups is 1. The van der Waals surface area contributed by atoms with Crippen molar-refractivity contribution < 1.29 is 67.6 Å². The molecule has 0 saturated heterocycles. The third kappa shape index (κ3) is 5.99. The standard InChI is InChI=1S/C14H16F10NO5P/c1-4-5-25(9(26)8(2)3)6-10(15,16)12(19,20)14(23,24)13(21,22)11(17,18)7-30-31(27,28)29/h4H,1-2,5-7H2,3H3,(H2,27,28,29). The highest BCUT2D eigenvalue weighted by atomic mass is 31.2. The normalized spacial score (nSPS) is 14.4. The van der Waals surface area contributed by atoms with Gasteiger partial charge in [-0.15, -0.1) is 6.58 Å². The zero-order valence-electron chi connectivity index (χ0n) is 15.4. The van der Waals surface area contributed by atoms with Gasteiger partial charge in [-0.05, 0) is 6.92 Å². The van der Waals surface area contributed by atoms with Gasteiger partial charge in [0, 0.05) is 12.1 Å². The van der Waals surface area contributed by atoms with Crippen LogP contribution in [0.4, 0.5) is 43.9 Å². The number of alkyl halides is 10. The van der Waals surface area contributed by atoms with Gasteiger partial charge in [-0.2, -0.15) is 43.9 Å². The van der Waals surface area contributed by atoms with Crippen molar-refractivity contribution in [2.75, 3.05) is 19.7 Å². The van der Waals surface area contributed by atoms with E-state index in [2.05, 4.69) is 17.7 Å². The molecule has 1 amide bonds. The largest absolute Gasteiger partial charge is 0.469 e. The molecule has 0 heterocycles. The van der Waals surface area contributed by atoms with Crippen LogP contribution in [0.1, 0.15) is 6.92 Å². The van der Waals surface area contributed by atoms with Gasteiger partial charge in [-0.3, -0.25) is 9.32 Å². The molecular weight excluding hydrogens is 483 g/mol. The molecule has 0 unspecified atom stereocenters. The summed E-state index contributed by atoms with van der Waals surface area (Å²) in [6.45, 7) is 0.138. The van der Waals surface area contributed by atoms with Crippen LogP contribution < -0.4 is 0 Å². The number of amides is 1. The van der Waals surface area contributed by atoms with Crippen molar-refractivity contribution in [3.05, 3.63) is 24.8 Å². The zero-order valence-corrected chi connectivity index (χ0v) is 16.3. The Bertz CT molecular complexity index is 752. The highest BCUT2D eigenvalue weighted by Gasteiger charge is 2.86. The van der Waals surface area contributed by atoms with Crippen molar-refractivity contribution in [3.63, 3.8) is 0 Å². The van der Waals surface area contributed by atoms with Gasteiger partial charge in [0.05, 0.1) is 6.54 Å². The van der Waals surface area contributed by atoms with E-state index in [0.29, 0.717) is 6.08 Å². The Morgan fingerprint density at radius 3 is 1.74 bits per heavy atom. The van der Waals surface area contributed by atoms with Gasteiger partial charge in [0.25, 0.3) is 0 Å². The maximum atomic E-state index is 14.0. The van der Waals surface area contributed by atoms with E-state index < -0.39 is 68.6 Å². The molecular formula is C14H16F10NO5P. The first kappa shape index (κ1) is 29.4. The molecule has 0 aromatic rings. The van der Waals surface area contributed by atoms with Crippen LogP contribution in [0.2, 0.25) is 0 Å². The van der Waals surface area contributed by atoms with Gasteiger partial charge in [0.2, 0.25) is 5.91 Å². The molecule has 17 heteroatoms.